The van der Waals surface area contributed by atoms with Gasteiger partial charge in [0, 0.05) is 12.3 Å². The molecule has 1 aromatic rings. The summed E-state index contributed by atoms with van der Waals surface area (Å²) >= 11 is 0. The van der Waals surface area contributed by atoms with Crippen molar-refractivity contribution in [2.75, 3.05) is 6.61 Å². The van der Waals surface area contributed by atoms with E-state index in [4.69, 9.17) is 9.25 Å². The van der Waals surface area contributed by atoms with Gasteiger partial charge in [-0.05, 0) is 37.3 Å². The standard InChI is InChI=1S/C13H19NO3/c1-10(11-6-7-11)13(15)14-17-9-3-5-12-4-2-8-16-12/h2,4,8,10-11H,3,5-7,9H2,1H3,(H,14,15). The van der Waals surface area contributed by atoms with E-state index in [1.165, 1.54) is 12.8 Å². The zero-order valence-electron chi connectivity index (χ0n) is 10.1. The Morgan fingerprint density at radius 2 is 2.47 bits per heavy atom. The van der Waals surface area contributed by atoms with Crippen molar-refractivity contribution in [3.05, 3.63) is 24.2 Å². The van der Waals surface area contributed by atoms with Crippen LogP contribution >= 0.6 is 0 Å². The second kappa shape index (κ2) is 5.87. The van der Waals surface area contributed by atoms with E-state index in [-0.39, 0.29) is 11.8 Å². The quantitative estimate of drug-likeness (QED) is 0.585. The summed E-state index contributed by atoms with van der Waals surface area (Å²) in [5.74, 6) is 1.61. The van der Waals surface area contributed by atoms with Crippen molar-refractivity contribution in [1.29, 1.82) is 0 Å². The third-order valence-electron chi connectivity index (χ3n) is 3.17. The fourth-order valence-corrected chi connectivity index (χ4v) is 1.80. The maximum absolute atomic E-state index is 11.6. The molecule has 1 aromatic heterocycles. The highest BCUT2D eigenvalue weighted by Crippen LogP contribution is 2.36. The van der Waals surface area contributed by atoms with Gasteiger partial charge in [-0.15, -0.1) is 0 Å². The largest absolute Gasteiger partial charge is 0.469 e. The van der Waals surface area contributed by atoms with Crippen molar-refractivity contribution >= 4 is 5.91 Å². The topological polar surface area (TPSA) is 51.5 Å². The summed E-state index contributed by atoms with van der Waals surface area (Å²) < 4.78 is 5.20. The van der Waals surface area contributed by atoms with Crippen LogP contribution in [-0.4, -0.2) is 12.5 Å². The second-order valence-corrected chi connectivity index (χ2v) is 4.62. The first kappa shape index (κ1) is 12.2. The van der Waals surface area contributed by atoms with Gasteiger partial charge in [-0.3, -0.25) is 9.63 Å². The van der Waals surface area contributed by atoms with E-state index in [1.54, 1.807) is 6.26 Å². The maximum atomic E-state index is 11.6. The van der Waals surface area contributed by atoms with Crippen molar-refractivity contribution in [2.24, 2.45) is 11.8 Å². The summed E-state index contributed by atoms with van der Waals surface area (Å²) in [6.45, 7) is 2.48. The van der Waals surface area contributed by atoms with Crippen molar-refractivity contribution < 1.29 is 14.0 Å². The van der Waals surface area contributed by atoms with Gasteiger partial charge >= 0.3 is 0 Å². The molecule has 1 aliphatic carbocycles. The normalized spacial score (nSPS) is 16.8. The highest BCUT2D eigenvalue weighted by Gasteiger charge is 2.32. The SMILES string of the molecule is CC(C(=O)NOCCCc1ccco1)C1CC1. The Kier molecular flexibility index (Phi) is 4.20. The van der Waals surface area contributed by atoms with Gasteiger partial charge < -0.3 is 4.42 Å². The molecule has 0 saturated heterocycles. The van der Waals surface area contributed by atoms with Crippen LogP contribution in [0.2, 0.25) is 0 Å². The summed E-state index contributed by atoms with van der Waals surface area (Å²) in [6.07, 6.45) is 5.68. The molecule has 0 spiro atoms. The fourth-order valence-electron chi connectivity index (χ4n) is 1.80. The molecule has 4 heteroatoms. The van der Waals surface area contributed by atoms with Crippen molar-refractivity contribution in [3.63, 3.8) is 0 Å². The first-order valence-corrected chi connectivity index (χ1v) is 6.21. The molecule has 0 radical (unpaired) electrons. The molecular formula is C13H19NO3. The molecule has 0 aliphatic heterocycles. The van der Waals surface area contributed by atoms with E-state index in [0.29, 0.717) is 12.5 Å². The average Bonchev–Trinajstić information content (AvgIpc) is 3.05. The van der Waals surface area contributed by atoms with E-state index in [9.17, 15) is 4.79 Å². The van der Waals surface area contributed by atoms with Crippen LogP contribution in [0, 0.1) is 11.8 Å². The minimum atomic E-state index is 0.00509. The summed E-state index contributed by atoms with van der Waals surface area (Å²) in [5.41, 5.74) is 2.51. The Bertz CT molecular complexity index is 344. The van der Waals surface area contributed by atoms with E-state index in [1.807, 2.05) is 19.1 Å². The Hall–Kier alpha value is -1.29. The minimum Gasteiger partial charge on any atom is -0.469 e. The predicted molar refractivity (Wildman–Crippen MR) is 63.0 cm³/mol. The molecule has 2 rings (SSSR count). The van der Waals surface area contributed by atoms with E-state index >= 15 is 0 Å². The molecule has 1 fully saturated rings. The number of carbonyl (C=O) groups is 1. The van der Waals surface area contributed by atoms with Gasteiger partial charge in [0.05, 0.1) is 12.9 Å². The third-order valence-corrected chi connectivity index (χ3v) is 3.17. The van der Waals surface area contributed by atoms with Crippen molar-refractivity contribution in [3.8, 4) is 0 Å². The number of hydrogen-bond donors (Lipinski definition) is 1. The highest BCUT2D eigenvalue weighted by atomic mass is 16.6. The summed E-state index contributed by atoms with van der Waals surface area (Å²) in [4.78, 5) is 16.7. The van der Waals surface area contributed by atoms with Crippen LogP contribution in [0.4, 0.5) is 0 Å². The third kappa shape index (κ3) is 3.89. The molecule has 94 valence electrons. The average molecular weight is 237 g/mol. The van der Waals surface area contributed by atoms with Crippen molar-refractivity contribution in [2.45, 2.75) is 32.6 Å². The van der Waals surface area contributed by atoms with Gasteiger partial charge in [-0.25, -0.2) is 5.48 Å². The van der Waals surface area contributed by atoms with Gasteiger partial charge in [-0.2, -0.15) is 0 Å². The number of amides is 1. The molecule has 17 heavy (non-hydrogen) atoms. The molecule has 0 bridgehead atoms. The van der Waals surface area contributed by atoms with Gasteiger partial charge in [0.15, 0.2) is 0 Å². The zero-order valence-corrected chi connectivity index (χ0v) is 10.1. The number of nitrogens with one attached hydrogen (secondary N) is 1. The zero-order chi connectivity index (χ0) is 12.1. The first-order valence-electron chi connectivity index (χ1n) is 6.21. The Balaban J connectivity index is 1.52. The summed E-state index contributed by atoms with van der Waals surface area (Å²) in [5, 5.41) is 0. The lowest BCUT2D eigenvalue weighted by Crippen LogP contribution is -2.30. The smallest absolute Gasteiger partial charge is 0.246 e. The molecule has 1 N–H and O–H groups in total. The molecule has 4 nitrogen and oxygen atoms in total. The Labute approximate surface area is 101 Å². The van der Waals surface area contributed by atoms with Crippen LogP contribution in [0.5, 0.6) is 0 Å². The summed E-state index contributed by atoms with van der Waals surface area (Å²) in [7, 11) is 0. The van der Waals surface area contributed by atoms with E-state index in [0.717, 1.165) is 18.6 Å². The van der Waals surface area contributed by atoms with Crippen LogP contribution in [0.25, 0.3) is 0 Å². The van der Waals surface area contributed by atoms with Gasteiger partial charge in [-0.1, -0.05) is 6.92 Å². The lowest BCUT2D eigenvalue weighted by Gasteiger charge is -2.10. The molecule has 0 aromatic carbocycles. The van der Waals surface area contributed by atoms with E-state index < -0.39 is 0 Å². The molecular weight excluding hydrogens is 218 g/mol. The molecule has 1 saturated carbocycles. The number of furan rings is 1. The lowest BCUT2D eigenvalue weighted by molar-refractivity contribution is -0.138. The lowest BCUT2D eigenvalue weighted by atomic mass is 10.1. The monoisotopic (exact) mass is 237 g/mol. The first-order chi connectivity index (χ1) is 8.27. The van der Waals surface area contributed by atoms with Crippen LogP contribution < -0.4 is 5.48 Å². The van der Waals surface area contributed by atoms with Crippen LogP contribution in [0.3, 0.4) is 0 Å². The number of carbonyl (C=O) groups excluding carboxylic acids is 1. The Morgan fingerprint density at radius 3 is 3.12 bits per heavy atom. The van der Waals surface area contributed by atoms with Crippen LogP contribution in [0.1, 0.15) is 31.9 Å². The minimum absolute atomic E-state index is 0.00509. The molecule has 1 aliphatic rings. The molecule has 1 heterocycles. The number of hydroxylamine groups is 1. The number of rotatable bonds is 7. The second-order valence-electron chi connectivity index (χ2n) is 4.62. The number of hydrogen-bond acceptors (Lipinski definition) is 3. The maximum Gasteiger partial charge on any atom is 0.246 e. The van der Waals surface area contributed by atoms with Gasteiger partial charge in [0.2, 0.25) is 5.91 Å². The molecule has 1 amide bonds. The predicted octanol–water partition coefficient (Wildman–Crippen LogP) is 2.31. The van der Waals surface area contributed by atoms with E-state index in [2.05, 4.69) is 5.48 Å². The molecule has 1 unspecified atom stereocenters. The fraction of sp³-hybridized carbons (Fsp3) is 0.615. The Morgan fingerprint density at radius 1 is 1.65 bits per heavy atom. The van der Waals surface area contributed by atoms with Gasteiger partial charge in [0.25, 0.3) is 0 Å². The van der Waals surface area contributed by atoms with Crippen LogP contribution in [0.15, 0.2) is 22.8 Å². The molecule has 1 atom stereocenters. The highest BCUT2D eigenvalue weighted by molar-refractivity contribution is 5.77. The number of aryl methyl sites for hydroxylation is 1. The summed E-state index contributed by atoms with van der Waals surface area (Å²) in [6, 6.07) is 3.81. The van der Waals surface area contributed by atoms with Crippen LogP contribution in [-0.2, 0) is 16.1 Å². The van der Waals surface area contributed by atoms with Gasteiger partial charge in [0.1, 0.15) is 5.76 Å². The van der Waals surface area contributed by atoms with Crippen molar-refractivity contribution in [1.82, 2.24) is 5.48 Å².